The molecule has 1 saturated heterocycles. The number of anilines is 1. The highest BCUT2D eigenvalue weighted by Crippen LogP contribution is 2.23. The number of carbonyl (C=O) groups excluding carboxylic acids is 2. The van der Waals surface area contributed by atoms with Crippen LogP contribution in [0.15, 0.2) is 48.5 Å². The number of amides is 2. The molecule has 1 aliphatic heterocycles. The fourth-order valence-corrected chi connectivity index (χ4v) is 3.02. The zero-order valence-electron chi connectivity index (χ0n) is 14.8. The van der Waals surface area contributed by atoms with Crippen molar-refractivity contribution in [3.8, 4) is 0 Å². The van der Waals surface area contributed by atoms with E-state index in [1.165, 1.54) is 0 Å². The maximum Gasteiger partial charge on any atom is 0.251 e. The molecule has 138 valence electrons. The van der Waals surface area contributed by atoms with E-state index >= 15 is 0 Å². The predicted octanol–water partition coefficient (Wildman–Crippen LogP) is 3.18. The molecule has 0 radical (unpaired) electrons. The van der Waals surface area contributed by atoms with E-state index in [1.807, 2.05) is 48.2 Å². The van der Waals surface area contributed by atoms with E-state index in [-0.39, 0.29) is 30.3 Å². The molecule has 2 amide bonds. The molecule has 26 heavy (non-hydrogen) atoms. The predicted molar refractivity (Wildman–Crippen MR) is 105 cm³/mol. The van der Waals surface area contributed by atoms with Crippen LogP contribution < -0.4 is 16.0 Å². The van der Waals surface area contributed by atoms with Crippen molar-refractivity contribution in [1.29, 1.82) is 0 Å². The van der Waals surface area contributed by atoms with Crippen LogP contribution in [0.2, 0.25) is 0 Å². The maximum atomic E-state index is 12.4. The summed E-state index contributed by atoms with van der Waals surface area (Å²) in [6.45, 7) is 3.19. The van der Waals surface area contributed by atoms with Crippen molar-refractivity contribution in [2.45, 2.75) is 32.4 Å². The van der Waals surface area contributed by atoms with Gasteiger partial charge in [-0.1, -0.05) is 24.3 Å². The Hall–Kier alpha value is -2.37. The van der Waals surface area contributed by atoms with Gasteiger partial charge in [-0.15, -0.1) is 12.4 Å². The average Bonchev–Trinajstić information content (AvgIpc) is 3.07. The van der Waals surface area contributed by atoms with Gasteiger partial charge in [-0.25, -0.2) is 0 Å². The Kier molecular flexibility index (Phi) is 6.77. The number of halogens is 1. The quantitative estimate of drug-likeness (QED) is 0.845. The number of benzene rings is 2. The van der Waals surface area contributed by atoms with E-state index < -0.39 is 0 Å². The standard InChI is InChI=1S/C20H23N3O2.ClH/c1-14(22-20(25)17-6-4-15(13-21)5-7-17)16-8-10-18(11-9-16)23-12-2-3-19(23)24;/h4-11,14H,2-3,12-13,21H2,1H3,(H,22,25);1H. The smallest absolute Gasteiger partial charge is 0.251 e. The summed E-state index contributed by atoms with van der Waals surface area (Å²) in [6, 6.07) is 15.0. The summed E-state index contributed by atoms with van der Waals surface area (Å²) >= 11 is 0. The van der Waals surface area contributed by atoms with Gasteiger partial charge in [-0.3, -0.25) is 9.59 Å². The zero-order valence-corrected chi connectivity index (χ0v) is 15.6. The number of nitrogens with one attached hydrogen (secondary N) is 1. The Morgan fingerprint density at radius 2 is 1.81 bits per heavy atom. The van der Waals surface area contributed by atoms with Gasteiger partial charge < -0.3 is 16.0 Å². The number of rotatable bonds is 5. The molecule has 0 aromatic heterocycles. The molecule has 0 saturated carbocycles. The monoisotopic (exact) mass is 373 g/mol. The minimum absolute atomic E-state index is 0. The number of nitrogens with two attached hydrogens (primary N) is 1. The van der Waals surface area contributed by atoms with Crippen molar-refractivity contribution in [3.63, 3.8) is 0 Å². The minimum atomic E-state index is -0.120. The average molecular weight is 374 g/mol. The molecule has 3 rings (SSSR count). The Labute approximate surface area is 160 Å². The Morgan fingerprint density at radius 3 is 2.35 bits per heavy atom. The fourth-order valence-electron chi connectivity index (χ4n) is 3.02. The van der Waals surface area contributed by atoms with Gasteiger partial charge in [0.15, 0.2) is 0 Å². The topological polar surface area (TPSA) is 75.4 Å². The first-order valence-electron chi connectivity index (χ1n) is 8.58. The number of nitrogens with zero attached hydrogens (tertiary/aromatic N) is 1. The second-order valence-electron chi connectivity index (χ2n) is 6.34. The summed E-state index contributed by atoms with van der Waals surface area (Å²) in [5, 5.41) is 3.00. The van der Waals surface area contributed by atoms with Gasteiger partial charge >= 0.3 is 0 Å². The largest absolute Gasteiger partial charge is 0.346 e. The van der Waals surface area contributed by atoms with E-state index in [9.17, 15) is 9.59 Å². The van der Waals surface area contributed by atoms with E-state index in [2.05, 4.69) is 5.32 Å². The first-order chi connectivity index (χ1) is 12.1. The number of hydrogen-bond acceptors (Lipinski definition) is 3. The summed E-state index contributed by atoms with van der Waals surface area (Å²) in [7, 11) is 0. The van der Waals surface area contributed by atoms with E-state index in [0.717, 1.165) is 29.8 Å². The molecule has 5 nitrogen and oxygen atoms in total. The molecule has 0 bridgehead atoms. The lowest BCUT2D eigenvalue weighted by Crippen LogP contribution is -2.27. The molecule has 0 aliphatic carbocycles. The lowest BCUT2D eigenvalue weighted by atomic mass is 10.1. The van der Waals surface area contributed by atoms with Crippen LogP contribution >= 0.6 is 12.4 Å². The molecule has 6 heteroatoms. The third-order valence-corrected chi connectivity index (χ3v) is 4.58. The molecular weight excluding hydrogens is 350 g/mol. The van der Waals surface area contributed by atoms with Gasteiger partial charge in [-0.05, 0) is 48.7 Å². The van der Waals surface area contributed by atoms with Crippen LogP contribution in [0.3, 0.4) is 0 Å². The van der Waals surface area contributed by atoms with Gasteiger partial charge in [0.1, 0.15) is 0 Å². The maximum absolute atomic E-state index is 12.4. The SMILES string of the molecule is CC(NC(=O)c1ccc(CN)cc1)c1ccc(N2CCCC2=O)cc1.Cl. The van der Waals surface area contributed by atoms with Crippen LogP contribution in [0, 0.1) is 0 Å². The van der Waals surface area contributed by atoms with Crippen LogP contribution in [-0.2, 0) is 11.3 Å². The van der Waals surface area contributed by atoms with Crippen LogP contribution in [-0.4, -0.2) is 18.4 Å². The van der Waals surface area contributed by atoms with Crippen molar-refractivity contribution in [2.24, 2.45) is 5.73 Å². The number of carbonyl (C=O) groups is 2. The van der Waals surface area contributed by atoms with Crippen molar-refractivity contribution in [1.82, 2.24) is 5.32 Å². The molecular formula is C20H24ClN3O2. The summed E-state index contributed by atoms with van der Waals surface area (Å²) in [4.78, 5) is 26.0. The van der Waals surface area contributed by atoms with Gasteiger partial charge in [-0.2, -0.15) is 0 Å². The third-order valence-electron chi connectivity index (χ3n) is 4.58. The molecule has 1 atom stereocenters. The van der Waals surface area contributed by atoms with Crippen molar-refractivity contribution in [2.75, 3.05) is 11.4 Å². The molecule has 1 unspecified atom stereocenters. The fraction of sp³-hybridized carbons (Fsp3) is 0.300. The van der Waals surface area contributed by atoms with E-state index in [0.29, 0.717) is 18.5 Å². The molecule has 3 N–H and O–H groups in total. The lowest BCUT2D eigenvalue weighted by molar-refractivity contribution is -0.117. The van der Waals surface area contributed by atoms with E-state index in [1.54, 1.807) is 12.1 Å². The van der Waals surface area contributed by atoms with Crippen molar-refractivity contribution >= 4 is 29.9 Å². The number of hydrogen-bond donors (Lipinski definition) is 2. The van der Waals surface area contributed by atoms with Crippen molar-refractivity contribution in [3.05, 3.63) is 65.2 Å². The summed E-state index contributed by atoms with van der Waals surface area (Å²) < 4.78 is 0. The third kappa shape index (κ3) is 4.42. The molecule has 2 aromatic carbocycles. The highest BCUT2D eigenvalue weighted by molar-refractivity contribution is 5.95. The summed E-state index contributed by atoms with van der Waals surface area (Å²) in [6.07, 6.45) is 1.53. The van der Waals surface area contributed by atoms with E-state index in [4.69, 9.17) is 5.73 Å². The second kappa shape index (κ2) is 8.83. The Morgan fingerprint density at radius 1 is 1.15 bits per heavy atom. The van der Waals surface area contributed by atoms with Crippen LogP contribution in [0.5, 0.6) is 0 Å². The normalized spacial score (nSPS) is 14.7. The van der Waals surface area contributed by atoms with Crippen molar-refractivity contribution < 1.29 is 9.59 Å². The molecule has 1 heterocycles. The van der Waals surface area contributed by atoms with Gasteiger partial charge in [0, 0.05) is 30.8 Å². The first kappa shape index (κ1) is 19.9. The highest BCUT2D eigenvalue weighted by atomic mass is 35.5. The first-order valence-corrected chi connectivity index (χ1v) is 8.58. The lowest BCUT2D eigenvalue weighted by Gasteiger charge is -2.18. The molecule has 0 spiro atoms. The van der Waals surface area contributed by atoms with Gasteiger partial charge in [0.25, 0.3) is 5.91 Å². The highest BCUT2D eigenvalue weighted by Gasteiger charge is 2.21. The van der Waals surface area contributed by atoms with Crippen LogP contribution in [0.1, 0.15) is 47.3 Å². The van der Waals surface area contributed by atoms with Crippen LogP contribution in [0.4, 0.5) is 5.69 Å². The Balaban J connectivity index is 0.00000243. The minimum Gasteiger partial charge on any atom is -0.346 e. The summed E-state index contributed by atoms with van der Waals surface area (Å²) in [5.41, 5.74) is 9.11. The molecule has 2 aromatic rings. The molecule has 1 aliphatic rings. The Bertz CT molecular complexity index is 760. The van der Waals surface area contributed by atoms with Gasteiger partial charge in [0.05, 0.1) is 6.04 Å². The van der Waals surface area contributed by atoms with Crippen LogP contribution in [0.25, 0.3) is 0 Å². The summed E-state index contributed by atoms with van der Waals surface area (Å²) in [5.74, 6) is 0.0601. The van der Waals surface area contributed by atoms with Gasteiger partial charge in [0.2, 0.25) is 5.91 Å². The zero-order chi connectivity index (χ0) is 17.8. The molecule has 1 fully saturated rings. The second-order valence-corrected chi connectivity index (χ2v) is 6.34.